The van der Waals surface area contributed by atoms with Crippen LogP contribution in [0.5, 0.6) is 0 Å². The predicted octanol–water partition coefficient (Wildman–Crippen LogP) is 3.12. The molecule has 1 unspecified atom stereocenters. The van der Waals surface area contributed by atoms with Gasteiger partial charge in [-0.15, -0.1) is 11.3 Å². The molecule has 4 nitrogen and oxygen atoms in total. The van der Waals surface area contributed by atoms with Gasteiger partial charge >= 0.3 is 0 Å². The molecule has 1 aliphatic rings. The third-order valence-corrected chi connectivity index (χ3v) is 7.67. The summed E-state index contributed by atoms with van der Waals surface area (Å²) in [4.78, 5) is 1.12. The lowest BCUT2D eigenvalue weighted by Crippen LogP contribution is -2.41. The molecular formula is C15H26N2O2S2. The highest BCUT2D eigenvalue weighted by Crippen LogP contribution is 2.31. The van der Waals surface area contributed by atoms with Gasteiger partial charge in [-0.25, -0.2) is 8.42 Å². The molecule has 0 spiro atoms. The zero-order valence-electron chi connectivity index (χ0n) is 13.3. The number of hydrogen-bond donors (Lipinski definition) is 1. The molecule has 1 aliphatic heterocycles. The van der Waals surface area contributed by atoms with E-state index in [0.717, 1.165) is 36.2 Å². The third-order valence-electron chi connectivity index (χ3n) is 3.97. The van der Waals surface area contributed by atoms with E-state index >= 15 is 0 Å². The van der Waals surface area contributed by atoms with Gasteiger partial charge in [0.2, 0.25) is 0 Å². The molecule has 2 rings (SSSR count). The van der Waals surface area contributed by atoms with Crippen LogP contribution in [0.25, 0.3) is 0 Å². The van der Waals surface area contributed by atoms with E-state index in [-0.39, 0.29) is 6.04 Å². The van der Waals surface area contributed by atoms with Crippen LogP contribution in [0.2, 0.25) is 0 Å². The minimum absolute atomic E-state index is 0.114. The van der Waals surface area contributed by atoms with Crippen molar-refractivity contribution in [1.82, 2.24) is 9.62 Å². The summed E-state index contributed by atoms with van der Waals surface area (Å²) in [5.74, 6) is 0. The summed E-state index contributed by atoms with van der Waals surface area (Å²) < 4.78 is 27.8. The molecule has 1 N–H and O–H groups in total. The number of aryl methyl sites for hydroxylation is 1. The highest BCUT2D eigenvalue weighted by molar-refractivity contribution is 7.91. The van der Waals surface area contributed by atoms with E-state index in [1.54, 1.807) is 4.31 Å². The number of piperidine rings is 1. The number of nitrogens with zero attached hydrogens (tertiary/aromatic N) is 1. The Hall–Kier alpha value is -0.430. The van der Waals surface area contributed by atoms with E-state index in [1.165, 1.54) is 11.3 Å². The van der Waals surface area contributed by atoms with Crippen molar-refractivity contribution in [3.8, 4) is 0 Å². The molecule has 2 heterocycles. The van der Waals surface area contributed by atoms with Crippen LogP contribution in [0.4, 0.5) is 0 Å². The second-order valence-corrected chi connectivity index (χ2v) is 9.42. The molecule has 0 radical (unpaired) electrons. The smallest absolute Gasteiger partial charge is 0.252 e. The lowest BCUT2D eigenvalue weighted by Gasteiger charge is -2.31. The first-order valence-corrected chi connectivity index (χ1v) is 9.92. The standard InChI is InChI=1S/C15H26N2O2S2/c1-11(2)16-10-14-12(3)9-15(20-14)21(18,19)17-8-6-5-7-13(17)4/h9,11,13,16H,5-8,10H2,1-4H3. The first kappa shape index (κ1) is 16.9. The lowest BCUT2D eigenvalue weighted by atomic mass is 10.1. The molecule has 1 saturated heterocycles. The summed E-state index contributed by atoms with van der Waals surface area (Å²) in [7, 11) is -3.33. The monoisotopic (exact) mass is 330 g/mol. The molecule has 1 aromatic heterocycles. The van der Waals surface area contributed by atoms with Crippen LogP contribution in [0.1, 0.15) is 50.5 Å². The fourth-order valence-corrected chi connectivity index (χ4v) is 6.00. The van der Waals surface area contributed by atoms with Gasteiger partial charge in [0.25, 0.3) is 10.0 Å². The number of rotatable bonds is 5. The predicted molar refractivity (Wildman–Crippen MR) is 88.2 cm³/mol. The van der Waals surface area contributed by atoms with Gasteiger partial charge in [-0.1, -0.05) is 20.3 Å². The van der Waals surface area contributed by atoms with Crippen molar-refractivity contribution in [3.05, 3.63) is 16.5 Å². The van der Waals surface area contributed by atoms with Gasteiger partial charge in [0.15, 0.2) is 0 Å². The van der Waals surface area contributed by atoms with Gasteiger partial charge < -0.3 is 5.32 Å². The normalized spacial score (nSPS) is 21.1. The number of nitrogens with one attached hydrogen (secondary N) is 1. The van der Waals surface area contributed by atoms with Crippen LogP contribution in [-0.2, 0) is 16.6 Å². The molecular weight excluding hydrogens is 304 g/mol. The summed E-state index contributed by atoms with van der Waals surface area (Å²) >= 11 is 1.41. The summed E-state index contributed by atoms with van der Waals surface area (Å²) in [6, 6.07) is 2.34. The van der Waals surface area contributed by atoms with E-state index in [0.29, 0.717) is 16.8 Å². The highest BCUT2D eigenvalue weighted by atomic mass is 32.2. The average molecular weight is 331 g/mol. The van der Waals surface area contributed by atoms with Crippen LogP contribution in [0.15, 0.2) is 10.3 Å². The lowest BCUT2D eigenvalue weighted by molar-refractivity contribution is 0.269. The molecule has 0 saturated carbocycles. The molecule has 0 amide bonds. The van der Waals surface area contributed by atoms with Crippen LogP contribution >= 0.6 is 11.3 Å². The average Bonchev–Trinajstić information content (AvgIpc) is 2.79. The Morgan fingerprint density at radius 2 is 2.14 bits per heavy atom. The second kappa shape index (κ2) is 6.77. The minimum atomic E-state index is -3.33. The van der Waals surface area contributed by atoms with Crippen molar-refractivity contribution in [1.29, 1.82) is 0 Å². The van der Waals surface area contributed by atoms with Gasteiger partial charge in [-0.05, 0) is 38.3 Å². The largest absolute Gasteiger partial charge is 0.310 e. The Bertz CT molecular complexity index is 578. The van der Waals surface area contributed by atoms with Gasteiger partial charge in [0.1, 0.15) is 4.21 Å². The van der Waals surface area contributed by atoms with E-state index in [1.807, 2.05) is 19.9 Å². The van der Waals surface area contributed by atoms with Crippen molar-refractivity contribution in [2.24, 2.45) is 0 Å². The number of thiophene rings is 1. The van der Waals surface area contributed by atoms with Crippen molar-refractivity contribution >= 4 is 21.4 Å². The Morgan fingerprint density at radius 3 is 2.76 bits per heavy atom. The maximum atomic E-state index is 12.8. The zero-order valence-corrected chi connectivity index (χ0v) is 15.0. The maximum absolute atomic E-state index is 12.8. The van der Waals surface area contributed by atoms with Gasteiger partial charge in [0, 0.05) is 30.1 Å². The zero-order chi connectivity index (χ0) is 15.6. The van der Waals surface area contributed by atoms with Crippen molar-refractivity contribution in [2.75, 3.05) is 6.54 Å². The molecule has 0 aromatic carbocycles. The summed E-state index contributed by atoms with van der Waals surface area (Å²) in [5, 5.41) is 3.36. The number of hydrogen-bond acceptors (Lipinski definition) is 4. The molecule has 120 valence electrons. The van der Waals surface area contributed by atoms with E-state index < -0.39 is 10.0 Å². The fourth-order valence-electron chi connectivity index (χ4n) is 2.63. The molecule has 0 bridgehead atoms. The van der Waals surface area contributed by atoms with E-state index in [9.17, 15) is 8.42 Å². The SMILES string of the molecule is Cc1cc(S(=O)(=O)N2CCCCC2C)sc1CNC(C)C. The summed E-state index contributed by atoms with van der Waals surface area (Å²) in [5.41, 5.74) is 1.07. The van der Waals surface area contributed by atoms with Crippen molar-refractivity contribution in [2.45, 2.75) is 69.8 Å². The van der Waals surface area contributed by atoms with E-state index in [2.05, 4.69) is 19.2 Å². The fraction of sp³-hybridized carbons (Fsp3) is 0.733. The van der Waals surface area contributed by atoms with Crippen LogP contribution in [-0.4, -0.2) is 31.4 Å². The maximum Gasteiger partial charge on any atom is 0.252 e. The second-order valence-electron chi connectivity index (χ2n) is 6.17. The van der Waals surface area contributed by atoms with Crippen molar-refractivity contribution < 1.29 is 8.42 Å². The Balaban J connectivity index is 2.22. The Kier molecular flexibility index (Phi) is 5.46. The quantitative estimate of drug-likeness (QED) is 0.902. The molecule has 21 heavy (non-hydrogen) atoms. The van der Waals surface area contributed by atoms with Crippen LogP contribution < -0.4 is 5.32 Å². The number of sulfonamides is 1. The first-order chi connectivity index (χ1) is 9.82. The van der Waals surface area contributed by atoms with Gasteiger partial charge in [-0.2, -0.15) is 4.31 Å². The van der Waals surface area contributed by atoms with Crippen LogP contribution in [0, 0.1) is 6.92 Å². The molecule has 6 heteroatoms. The van der Waals surface area contributed by atoms with Crippen molar-refractivity contribution in [3.63, 3.8) is 0 Å². The third kappa shape index (κ3) is 3.86. The summed E-state index contributed by atoms with van der Waals surface area (Å²) in [6.45, 7) is 9.58. The van der Waals surface area contributed by atoms with Gasteiger partial charge in [-0.3, -0.25) is 0 Å². The first-order valence-electron chi connectivity index (χ1n) is 7.67. The summed E-state index contributed by atoms with van der Waals surface area (Å²) in [6.07, 6.45) is 3.06. The molecule has 1 aromatic rings. The van der Waals surface area contributed by atoms with E-state index in [4.69, 9.17) is 0 Å². The van der Waals surface area contributed by atoms with Gasteiger partial charge in [0.05, 0.1) is 0 Å². The Labute approximate surface area is 132 Å². The molecule has 1 fully saturated rings. The minimum Gasteiger partial charge on any atom is -0.310 e. The molecule has 0 aliphatic carbocycles. The topological polar surface area (TPSA) is 49.4 Å². The highest BCUT2D eigenvalue weighted by Gasteiger charge is 2.32. The Morgan fingerprint density at radius 1 is 1.43 bits per heavy atom. The van der Waals surface area contributed by atoms with Crippen LogP contribution in [0.3, 0.4) is 0 Å². The molecule has 1 atom stereocenters.